The van der Waals surface area contributed by atoms with Gasteiger partial charge in [-0.15, -0.1) is 0 Å². The van der Waals surface area contributed by atoms with E-state index in [1.165, 1.54) is 38.5 Å². The predicted octanol–water partition coefficient (Wildman–Crippen LogP) is 2.92. The molecule has 2 aromatic carbocycles. The van der Waals surface area contributed by atoms with Crippen LogP contribution in [-0.2, 0) is 9.59 Å². The maximum absolute atomic E-state index is 12.7. The van der Waals surface area contributed by atoms with E-state index in [9.17, 15) is 19.8 Å². The van der Waals surface area contributed by atoms with Crippen molar-refractivity contribution in [2.24, 2.45) is 5.73 Å². The van der Waals surface area contributed by atoms with Gasteiger partial charge >= 0.3 is 0 Å². The van der Waals surface area contributed by atoms with Crippen LogP contribution in [0.15, 0.2) is 48.6 Å². The smallest absolute Gasteiger partial charge is 0.246 e. The molecule has 0 aliphatic carbocycles. The fourth-order valence-corrected chi connectivity index (χ4v) is 3.35. The number of phenols is 2. The molecule has 9 nitrogen and oxygen atoms in total. The lowest BCUT2D eigenvalue weighted by molar-refractivity contribution is -0.126. The molecule has 36 heavy (non-hydrogen) atoms. The molecule has 2 aromatic rings. The summed E-state index contributed by atoms with van der Waals surface area (Å²) < 4.78 is 10.2. The highest BCUT2D eigenvalue weighted by molar-refractivity contribution is 5.92. The lowest BCUT2D eigenvalue weighted by Gasteiger charge is -2.21. The number of hydrogen-bond acceptors (Lipinski definition) is 7. The van der Waals surface area contributed by atoms with E-state index < -0.39 is 0 Å². The fourth-order valence-electron chi connectivity index (χ4n) is 3.35. The highest BCUT2D eigenvalue weighted by Gasteiger charge is 2.10. The van der Waals surface area contributed by atoms with Gasteiger partial charge in [0.2, 0.25) is 11.8 Å². The van der Waals surface area contributed by atoms with E-state index in [0.29, 0.717) is 50.5 Å². The Morgan fingerprint density at radius 3 is 2.00 bits per heavy atom. The number of unbranched alkanes of at least 4 members (excludes halogenated alkanes) is 1. The van der Waals surface area contributed by atoms with Crippen LogP contribution < -0.4 is 20.5 Å². The van der Waals surface area contributed by atoms with E-state index in [0.717, 1.165) is 17.5 Å². The summed E-state index contributed by atoms with van der Waals surface area (Å²) in [7, 11) is 2.93. The average molecular weight is 498 g/mol. The van der Waals surface area contributed by atoms with E-state index in [2.05, 4.69) is 5.32 Å². The van der Waals surface area contributed by atoms with Gasteiger partial charge in [-0.1, -0.05) is 12.1 Å². The Labute approximate surface area is 211 Å². The molecule has 0 aromatic heterocycles. The first kappa shape index (κ1) is 28.3. The summed E-state index contributed by atoms with van der Waals surface area (Å²) in [6, 6.07) is 9.69. The van der Waals surface area contributed by atoms with Crippen LogP contribution in [0.5, 0.6) is 23.0 Å². The summed E-state index contributed by atoms with van der Waals surface area (Å²) in [6.07, 6.45) is 8.35. The molecule has 0 saturated heterocycles. The number of aromatic hydroxyl groups is 2. The van der Waals surface area contributed by atoms with Crippen LogP contribution in [-0.4, -0.2) is 67.3 Å². The Kier molecular flexibility index (Phi) is 11.9. The maximum Gasteiger partial charge on any atom is 0.246 e. The summed E-state index contributed by atoms with van der Waals surface area (Å²) in [5, 5.41) is 22.2. The van der Waals surface area contributed by atoms with Gasteiger partial charge in [0.1, 0.15) is 0 Å². The second kappa shape index (κ2) is 15.1. The minimum absolute atomic E-state index is 0.0358. The van der Waals surface area contributed by atoms with Crippen LogP contribution in [0, 0.1) is 0 Å². The van der Waals surface area contributed by atoms with E-state index in [1.807, 2.05) is 0 Å². The van der Waals surface area contributed by atoms with Crippen molar-refractivity contribution in [3.05, 3.63) is 59.7 Å². The second-order valence-electron chi connectivity index (χ2n) is 7.99. The second-order valence-corrected chi connectivity index (χ2v) is 7.99. The Hall–Kier alpha value is -3.98. The van der Waals surface area contributed by atoms with Crippen molar-refractivity contribution in [2.75, 3.05) is 40.4 Å². The van der Waals surface area contributed by atoms with Gasteiger partial charge in [0.15, 0.2) is 23.0 Å². The van der Waals surface area contributed by atoms with Gasteiger partial charge < -0.3 is 35.6 Å². The summed E-state index contributed by atoms with van der Waals surface area (Å²) in [5.41, 5.74) is 7.09. The summed E-state index contributed by atoms with van der Waals surface area (Å²) in [6.45, 7) is 2.05. The van der Waals surface area contributed by atoms with Crippen LogP contribution in [0.2, 0.25) is 0 Å². The van der Waals surface area contributed by atoms with Crippen molar-refractivity contribution in [3.8, 4) is 23.0 Å². The fraction of sp³-hybridized carbons (Fsp3) is 0.333. The Morgan fingerprint density at radius 2 is 1.44 bits per heavy atom. The van der Waals surface area contributed by atoms with E-state index in [1.54, 1.807) is 41.3 Å². The third-order valence-corrected chi connectivity index (χ3v) is 5.35. The molecule has 0 aliphatic rings. The molecule has 2 amide bonds. The average Bonchev–Trinajstić information content (AvgIpc) is 2.89. The van der Waals surface area contributed by atoms with Crippen molar-refractivity contribution >= 4 is 24.0 Å². The minimum atomic E-state index is -0.231. The first-order valence-corrected chi connectivity index (χ1v) is 11.7. The quantitative estimate of drug-likeness (QED) is 0.233. The molecular weight excluding hydrogens is 462 g/mol. The molecule has 0 spiro atoms. The van der Waals surface area contributed by atoms with Gasteiger partial charge in [-0.2, -0.15) is 0 Å². The molecule has 0 radical (unpaired) electrons. The first-order chi connectivity index (χ1) is 17.4. The number of phenolic OH excluding ortho intramolecular Hbond substituents is 2. The molecule has 0 saturated carbocycles. The van der Waals surface area contributed by atoms with Crippen LogP contribution >= 0.6 is 0 Å². The number of rotatable bonds is 14. The largest absolute Gasteiger partial charge is 0.504 e. The number of methoxy groups -OCH3 is 2. The zero-order valence-corrected chi connectivity index (χ0v) is 20.8. The number of nitrogens with one attached hydrogen (secondary N) is 1. The molecular formula is C27H35N3O6. The number of hydrogen-bond donors (Lipinski definition) is 4. The van der Waals surface area contributed by atoms with Crippen LogP contribution in [0.1, 0.15) is 30.4 Å². The normalized spacial score (nSPS) is 11.1. The molecule has 0 heterocycles. The lowest BCUT2D eigenvalue weighted by Crippen LogP contribution is -2.33. The van der Waals surface area contributed by atoms with Gasteiger partial charge in [-0.3, -0.25) is 9.59 Å². The van der Waals surface area contributed by atoms with Crippen molar-refractivity contribution in [3.63, 3.8) is 0 Å². The molecule has 194 valence electrons. The van der Waals surface area contributed by atoms with Gasteiger partial charge in [0.05, 0.1) is 14.2 Å². The molecule has 0 aliphatic heterocycles. The van der Waals surface area contributed by atoms with E-state index in [-0.39, 0.29) is 23.3 Å². The van der Waals surface area contributed by atoms with Gasteiger partial charge in [-0.05, 0) is 73.4 Å². The van der Waals surface area contributed by atoms with Crippen LogP contribution in [0.3, 0.4) is 0 Å². The van der Waals surface area contributed by atoms with Gasteiger partial charge in [-0.25, -0.2) is 0 Å². The van der Waals surface area contributed by atoms with Crippen molar-refractivity contribution in [1.82, 2.24) is 10.2 Å². The molecule has 0 atom stereocenters. The molecule has 2 rings (SSSR count). The zero-order valence-electron chi connectivity index (χ0n) is 20.8. The third kappa shape index (κ3) is 9.34. The highest BCUT2D eigenvalue weighted by Crippen LogP contribution is 2.27. The van der Waals surface area contributed by atoms with Crippen LogP contribution in [0.25, 0.3) is 12.2 Å². The molecule has 0 bridgehead atoms. The Morgan fingerprint density at radius 1 is 0.889 bits per heavy atom. The highest BCUT2D eigenvalue weighted by atomic mass is 16.5. The Bertz CT molecular complexity index is 1070. The van der Waals surface area contributed by atoms with Crippen molar-refractivity contribution in [2.45, 2.75) is 19.3 Å². The monoisotopic (exact) mass is 497 g/mol. The van der Waals surface area contributed by atoms with Gasteiger partial charge in [0.25, 0.3) is 0 Å². The number of nitrogens with two attached hydrogens (primary N) is 1. The number of carbonyl (C=O) groups excluding carboxylic acids is 2. The summed E-state index contributed by atoms with van der Waals surface area (Å²) in [5.74, 6) is 0.383. The SMILES string of the molecule is COc1cc(/C=C/C(=O)NCCCCN(CCCN)C(=O)/C=C/c2ccc(O)c(OC)c2)ccc1O. The van der Waals surface area contributed by atoms with E-state index in [4.69, 9.17) is 15.2 Å². The van der Waals surface area contributed by atoms with E-state index >= 15 is 0 Å². The summed E-state index contributed by atoms with van der Waals surface area (Å²) in [4.78, 5) is 26.5. The number of carbonyl (C=O) groups is 2. The number of benzene rings is 2. The number of amides is 2. The van der Waals surface area contributed by atoms with Crippen molar-refractivity contribution in [1.29, 1.82) is 0 Å². The topological polar surface area (TPSA) is 134 Å². The number of ether oxygens (including phenoxy) is 2. The Balaban J connectivity index is 1.80. The van der Waals surface area contributed by atoms with Crippen LogP contribution in [0.4, 0.5) is 0 Å². The van der Waals surface area contributed by atoms with Crippen molar-refractivity contribution < 1.29 is 29.3 Å². The molecule has 9 heteroatoms. The molecule has 0 unspecified atom stereocenters. The zero-order chi connectivity index (χ0) is 26.3. The standard InChI is InChI=1S/C27H35N3O6/c1-35-24-18-20(6-10-22(24)31)8-12-26(33)29-15-3-4-16-30(17-5-14-28)27(34)13-9-21-7-11-23(32)25(19-21)36-2/h6-13,18-19,31-32H,3-5,14-17,28H2,1-2H3,(H,29,33)/b12-8+,13-9+. The maximum atomic E-state index is 12.7. The molecule has 0 fully saturated rings. The predicted molar refractivity (Wildman–Crippen MR) is 140 cm³/mol. The molecule has 5 N–H and O–H groups in total. The number of nitrogens with zero attached hydrogens (tertiary/aromatic N) is 1. The first-order valence-electron chi connectivity index (χ1n) is 11.7. The summed E-state index contributed by atoms with van der Waals surface area (Å²) >= 11 is 0. The minimum Gasteiger partial charge on any atom is -0.504 e. The van der Waals surface area contributed by atoms with Gasteiger partial charge in [0, 0.05) is 31.8 Å². The third-order valence-electron chi connectivity index (χ3n) is 5.35. The lowest BCUT2D eigenvalue weighted by atomic mass is 10.2.